The SMILES string of the molecule is CC(=O)c1ccc(-c2ccnc3nc(-c4n[nH]c5ccc(-c6cncc(CN7CCCCC7)c6)cc45)[nH]c23)s1. The number of nitrogens with one attached hydrogen (secondary N) is 2. The Balaban J connectivity index is 1.25. The third-order valence-corrected chi connectivity index (χ3v) is 8.60. The summed E-state index contributed by atoms with van der Waals surface area (Å²) in [4.78, 5) is 33.4. The number of hydrogen-bond donors (Lipinski definition) is 2. The number of nitrogens with zero attached hydrogens (tertiary/aromatic N) is 5. The van der Waals surface area contributed by atoms with E-state index in [0.29, 0.717) is 11.5 Å². The van der Waals surface area contributed by atoms with Gasteiger partial charge in [0.1, 0.15) is 5.69 Å². The van der Waals surface area contributed by atoms with Crippen LogP contribution in [0.2, 0.25) is 0 Å². The molecule has 0 amide bonds. The zero-order valence-corrected chi connectivity index (χ0v) is 22.4. The number of ketones is 1. The summed E-state index contributed by atoms with van der Waals surface area (Å²) in [6, 6.07) is 14.3. The lowest BCUT2D eigenvalue weighted by Gasteiger charge is -2.26. The number of rotatable bonds is 6. The van der Waals surface area contributed by atoms with Crippen molar-refractivity contribution in [1.82, 2.24) is 35.0 Å². The number of aromatic amines is 2. The number of likely N-dealkylation sites (tertiary alicyclic amines) is 1. The Morgan fingerprint density at radius 2 is 1.92 bits per heavy atom. The van der Waals surface area contributed by atoms with Crippen molar-refractivity contribution in [3.8, 4) is 33.1 Å². The molecule has 1 aliphatic heterocycles. The van der Waals surface area contributed by atoms with Gasteiger partial charge in [0.05, 0.1) is 15.9 Å². The van der Waals surface area contributed by atoms with E-state index in [9.17, 15) is 4.79 Å². The van der Waals surface area contributed by atoms with Crippen LogP contribution in [-0.4, -0.2) is 53.9 Å². The number of thiophene rings is 1. The number of carbonyl (C=O) groups is 1. The molecule has 1 aromatic carbocycles. The lowest BCUT2D eigenvalue weighted by molar-refractivity contribution is 0.102. The van der Waals surface area contributed by atoms with Crippen LogP contribution >= 0.6 is 11.3 Å². The maximum atomic E-state index is 11.8. The zero-order chi connectivity index (χ0) is 26.3. The Kier molecular flexibility index (Phi) is 6.02. The predicted octanol–water partition coefficient (Wildman–Crippen LogP) is 6.48. The monoisotopic (exact) mass is 533 g/mol. The van der Waals surface area contributed by atoms with Crippen molar-refractivity contribution >= 4 is 39.2 Å². The molecule has 0 bridgehead atoms. The minimum Gasteiger partial charge on any atom is -0.335 e. The minimum atomic E-state index is 0.0629. The first-order chi connectivity index (χ1) is 19.1. The number of aromatic nitrogens is 6. The van der Waals surface area contributed by atoms with Crippen molar-refractivity contribution in [2.45, 2.75) is 32.7 Å². The van der Waals surface area contributed by atoms with Gasteiger partial charge in [-0.1, -0.05) is 12.5 Å². The normalized spacial score (nSPS) is 14.4. The Labute approximate surface area is 229 Å². The van der Waals surface area contributed by atoms with Gasteiger partial charge in [-0.05, 0) is 80.4 Å². The average molecular weight is 534 g/mol. The molecule has 1 fully saturated rings. The molecule has 6 heterocycles. The highest BCUT2D eigenvalue weighted by Gasteiger charge is 2.18. The van der Waals surface area contributed by atoms with Crippen LogP contribution in [0.5, 0.6) is 0 Å². The van der Waals surface area contributed by atoms with Gasteiger partial charge in [-0.25, -0.2) is 9.97 Å². The van der Waals surface area contributed by atoms with Crippen LogP contribution in [0, 0.1) is 0 Å². The van der Waals surface area contributed by atoms with Gasteiger partial charge in [-0.2, -0.15) is 5.10 Å². The number of benzene rings is 1. The quantitative estimate of drug-likeness (QED) is 0.238. The molecule has 39 heavy (non-hydrogen) atoms. The van der Waals surface area contributed by atoms with Crippen LogP contribution < -0.4 is 0 Å². The molecule has 8 nitrogen and oxygen atoms in total. The van der Waals surface area contributed by atoms with Gasteiger partial charge in [-0.3, -0.25) is 19.8 Å². The third kappa shape index (κ3) is 4.53. The molecule has 1 aliphatic rings. The number of hydrogen-bond acceptors (Lipinski definition) is 7. The van der Waals surface area contributed by atoms with Crippen molar-refractivity contribution in [2.24, 2.45) is 0 Å². The number of fused-ring (bicyclic) bond motifs is 2. The maximum Gasteiger partial charge on any atom is 0.178 e. The van der Waals surface area contributed by atoms with Crippen LogP contribution in [0.1, 0.15) is 41.4 Å². The second-order valence-electron chi connectivity index (χ2n) is 10.1. The number of Topliss-reactive ketones (excluding diaryl/α,β-unsaturated/α-hetero) is 1. The van der Waals surface area contributed by atoms with Gasteiger partial charge in [0, 0.05) is 46.5 Å². The van der Waals surface area contributed by atoms with Crippen molar-refractivity contribution in [3.63, 3.8) is 0 Å². The van der Waals surface area contributed by atoms with Crippen molar-refractivity contribution < 1.29 is 4.79 Å². The molecule has 5 aromatic heterocycles. The van der Waals surface area contributed by atoms with E-state index >= 15 is 0 Å². The minimum absolute atomic E-state index is 0.0629. The summed E-state index contributed by atoms with van der Waals surface area (Å²) >= 11 is 1.47. The first-order valence-electron chi connectivity index (χ1n) is 13.2. The molecule has 0 saturated carbocycles. The van der Waals surface area contributed by atoms with Gasteiger partial charge in [0.2, 0.25) is 0 Å². The van der Waals surface area contributed by atoms with Gasteiger partial charge < -0.3 is 4.98 Å². The largest absolute Gasteiger partial charge is 0.335 e. The van der Waals surface area contributed by atoms with Crippen LogP contribution in [0.4, 0.5) is 0 Å². The number of pyridine rings is 2. The van der Waals surface area contributed by atoms with Crippen LogP contribution in [0.3, 0.4) is 0 Å². The van der Waals surface area contributed by atoms with Crippen LogP contribution in [0.25, 0.3) is 55.2 Å². The maximum absolute atomic E-state index is 11.8. The van der Waals surface area contributed by atoms with E-state index in [-0.39, 0.29) is 5.78 Å². The van der Waals surface area contributed by atoms with Crippen LogP contribution in [0.15, 0.2) is 61.1 Å². The number of piperidine rings is 1. The smallest absolute Gasteiger partial charge is 0.178 e. The summed E-state index contributed by atoms with van der Waals surface area (Å²) in [6.07, 6.45) is 9.54. The zero-order valence-electron chi connectivity index (χ0n) is 21.6. The van der Waals surface area contributed by atoms with Gasteiger partial charge in [0.25, 0.3) is 0 Å². The van der Waals surface area contributed by atoms with E-state index in [2.05, 4.69) is 54.3 Å². The molecule has 194 valence electrons. The van der Waals surface area contributed by atoms with E-state index in [4.69, 9.17) is 4.98 Å². The molecule has 6 aromatic rings. The van der Waals surface area contributed by atoms with Gasteiger partial charge >= 0.3 is 0 Å². The van der Waals surface area contributed by atoms with Crippen molar-refractivity contribution in [1.29, 1.82) is 0 Å². The summed E-state index contributed by atoms with van der Waals surface area (Å²) in [5.74, 6) is 0.710. The Morgan fingerprint density at radius 3 is 2.77 bits per heavy atom. The highest BCUT2D eigenvalue weighted by Crippen LogP contribution is 2.35. The molecule has 0 spiro atoms. The van der Waals surface area contributed by atoms with Gasteiger partial charge in [-0.15, -0.1) is 11.3 Å². The van der Waals surface area contributed by atoms with E-state index in [1.165, 1.54) is 36.2 Å². The number of H-pyrrole nitrogens is 2. The fourth-order valence-corrected chi connectivity index (χ4v) is 6.31. The number of imidazole rings is 1. The van der Waals surface area contributed by atoms with Crippen molar-refractivity contribution in [2.75, 3.05) is 13.1 Å². The lowest BCUT2D eigenvalue weighted by Crippen LogP contribution is -2.29. The Bertz CT molecular complexity index is 1830. The van der Waals surface area contributed by atoms with E-state index in [1.54, 1.807) is 13.1 Å². The third-order valence-electron chi connectivity index (χ3n) is 7.38. The molecule has 0 radical (unpaired) electrons. The topological polar surface area (TPSA) is 103 Å². The summed E-state index contributed by atoms with van der Waals surface area (Å²) < 4.78 is 0. The van der Waals surface area contributed by atoms with E-state index in [1.807, 2.05) is 30.6 Å². The highest BCUT2D eigenvalue weighted by molar-refractivity contribution is 7.17. The van der Waals surface area contributed by atoms with E-state index in [0.717, 1.165) is 68.2 Å². The molecular formula is C30H27N7OS. The van der Waals surface area contributed by atoms with Crippen molar-refractivity contribution in [3.05, 3.63) is 71.5 Å². The molecule has 2 N–H and O–H groups in total. The first kappa shape index (κ1) is 23.9. The first-order valence-corrected chi connectivity index (χ1v) is 14.0. The molecule has 7 rings (SSSR count). The second kappa shape index (κ2) is 9.83. The highest BCUT2D eigenvalue weighted by atomic mass is 32.1. The second-order valence-corrected chi connectivity index (χ2v) is 11.2. The summed E-state index contributed by atoms with van der Waals surface area (Å²) in [5, 5.41) is 8.73. The molecule has 9 heteroatoms. The summed E-state index contributed by atoms with van der Waals surface area (Å²) in [7, 11) is 0. The summed E-state index contributed by atoms with van der Waals surface area (Å²) in [6.45, 7) is 4.84. The molecular weight excluding hydrogens is 506 g/mol. The molecule has 0 atom stereocenters. The Hall–Kier alpha value is -4.21. The number of carbonyl (C=O) groups excluding carboxylic acids is 1. The molecule has 0 unspecified atom stereocenters. The molecule has 1 saturated heterocycles. The lowest BCUT2D eigenvalue weighted by atomic mass is 10.0. The fourth-order valence-electron chi connectivity index (χ4n) is 5.38. The Morgan fingerprint density at radius 1 is 1.03 bits per heavy atom. The summed E-state index contributed by atoms with van der Waals surface area (Å²) in [5.41, 5.74) is 7.49. The molecule has 0 aliphatic carbocycles. The van der Waals surface area contributed by atoms with Gasteiger partial charge in [0.15, 0.2) is 17.3 Å². The van der Waals surface area contributed by atoms with Crippen LogP contribution in [-0.2, 0) is 6.54 Å². The average Bonchev–Trinajstić information content (AvgIpc) is 3.71. The fraction of sp³-hybridized carbons (Fsp3) is 0.233. The standard InChI is InChI=1S/C30H27N7OS/c1-18(38)25-7-8-26(39-25)22-9-10-32-29-27(22)33-30(34-29)28-23-14-20(5-6-24(23)35-36-28)21-13-19(15-31-16-21)17-37-11-3-2-4-12-37/h5-10,13-16H,2-4,11-12,17H2,1H3,(H,35,36)(H,32,33,34). The predicted molar refractivity (Wildman–Crippen MR) is 155 cm³/mol. The van der Waals surface area contributed by atoms with E-state index < -0.39 is 0 Å².